The maximum atomic E-state index is 5.91. The Hall–Kier alpha value is -0.120. The van der Waals surface area contributed by atoms with Crippen LogP contribution >= 0.6 is 0 Å². The van der Waals surface area contributed by atoms with Gasteiger partial charge in [0.1, 0.15) is 0 Å². The first-order valence-corrected chi connectivity index (χ1v) is 5.51. The highest BCUT2D eigenvalue weighted by molar-refractivity contribution is 5.03. The molecule has 82 valence electrons. The second-order valence-corrected chi connectivity index (χ2v) is 5.83. The van der Waals surface area contributed by atoms with Crippen LogP contribution in [0.2, 0.25) is 0 Å². The second-order valence-electron chi connectivity index (χ2n) is 5.83. The van der Waals surface area contributed by atoms with Gasteiger partial charge in [-0.2, -0.15) is 0 Å². The van der Waals surface area contributed by atoms with E-state index in [0.29, 0.717) is 5.92 Å². The first-order valence-electron chi connectivity index (χ1n) is 5.51. The molecule has 0 radical (unpaired) electrons. The molecule has 2 saturated heterocycles. The van der Waals surface area contributed by atoms with Gasteiger partial charge in [0.2, 0.25) is 0 Å². The third-order valence-electron chi connectivity index (χ3n) is 3.88. The van der Waals surface area contributed by atoms with Gasteiger partial charge >= 0.3 is 0 Å². The molecule has 0 saturated carbocycles. The molecule has 0 aromatic carbocycles. The van der Waals surface area contributed by atoms with E-state index in [2.05, 4.69) is 25.7 Å². The molecule has 3 nitrogen and oxygen atoms in total. The van der Waals surface area contributed by atoms with E-state index >= 15 is 0 Å². The Morgan fingerprint density at radius 2 is 2.21 bits per heavy atom. The fourth-order valence-electron chi connectivity index (χ4n) is 2.63. The van der Waals surface area contributed by atoms with E-state index in [0.717, 1.165) is 32.8 Å². The van der Waals surface area contributed by atoms with Crippen LogP contribution in [0.3, 0.4) is 0 Å². The number of rotatable bonds is 1. The molecule has 0 spiro atoms. The van der Waals surface area contributed by atoms with Crippen molar-refractivity contribution in [3.8, 4) is 0 Å². The van der Waals surface area contributed by atoms with Gasteiger partial charge in [-0.05, 0) is 20.8 Å². The summed E-state index contributed by atoms with van der Waals surface area (Å²) < 4.78 is 5.56. The van der Waals surface area contributed by atoms with Gasteiger partial charge < -0.3 is 10.5 Å². The van der Waals surface area contributed by atoms with Gasteiger partial charge in [-0.3, -0.25) is 4.90 Å². The summed E-state index contributed by atoms with van der Waals surface area (Å²) in [5.41, 5.74) is 6.44. The van der Waals surface area contributed by atoms with Crippen LogP contribution in [-0.2, 0) is 4.74 Å². The maximum Gasteiger partial charge on any atom is 0.0551 e. The van der Waals surface area contributed by atoms with Crippen molar-refractivity contribution in [2.24, 2.45) is 17.1 Å². The molecule has 0 amide bonds. The van der Waals surface area contributed by atoms with Crippen molar-refractivity contribution in [1.82, 2.24) is 4.90 Å². The minimum Gasteiger partial charge on any atom is -0.380 e. The van der Waals surface area contributed by atoms with Crippen molar-refractivity contribution < 1.29 is 4.74 Å². The van der Waals surface area contributed by atoms with Crippen molar-refractivity contribution in [3.05, 3.63) is 0 Å². The highest BCUT2D eigenvalue weighted by Crippen LogP contribution is 2.42. The van der Waals surface area contributed by atoms with Gasteiger partial charge in [0.15, 0.2) is 0 Å². The summed E-state index contributed by atoms with van der Waals surface area (Å²) in [7, 11) is 0. The van der Waals surface area contributed by atoms with Crippen molar-refractivity contribution in [1.29, 1.82) is 0 Å². The minimum absolute atomic E-state index is 0.257. The molecule has 2 atom stereocenters. The number of fused-ring (bicyclic) bond motifs is 1. The lowest BCUT2D eigenvalue weighted by atomic mass is 9.81. The van der Waals surface area contributed by atoms with Gasteiger partial charge in [0.25, 0.3) is 0 Å². The zero-order valence-electron chi connectivity index (χ0n) is 9.55. The van der Waals surface area contributed by atoms with E-state index in [1.165, 1.54) is 0 Å². The van der Waals surface area contributed by atoms with Crippen molar-refractivity contribution in [2.45, 2.75) is 26.3 Å². The summed E-state index contributed by atoms with van der Waals surface area (Å²) in [6.45, 7) is 11.6. The molecule has 2 rings (SSSR count). The largest absolute Gasteiger partial charge is 0.380 e. The van der Waals surface area contributed by atoms with Gasteiger partial charge in [-0.25, -0.2) is 0 Å². The third kappa shape index (κ3) is 1.47. The third-order valence-corrected chi connectivity index (χ3v) is 3.88. The number of ether oxygens (including phenoxy) is 1. The fourth-order valence-corrected chi connectivity index (χ4v) is 2.63. The van der Waals surface area contributed by atoms with Crippen molar-refractivity contribution in [3.63, 3.8) is 0 Å². The Bertz CT molecular complexity index is 224. The molecule has 0 aromatic rings. The Morgan fingerprint density at radius 1 is 1.50 bits per heavy atom. The van der Waals surface area contributed by atoms with E-state index in [9.17, 15) is 0 Å². The van der Waals surface area contributed by atoms with Crippen LogP contribution in [0.5, 0.6) is 0 Å². The molecule has 2 heterocycles. The normalized spacial score (nSPS) is 39.0. The lowest BCUT2D eigenvalue weighted by molar-refractivity contribution is 0.0951. The molecule has 2 aliphatic rings. The van der Waals surface area contributed by atoms with E-state index in [4.69, 9.17) is 10.5 Å². The minimum atomic E-state index is 0.257. The van der Waals surface area contributed by atoms with Crippen molar-refractivity contribution >= 4 is 0 Å². The predicted octanol–water partition coefficient (Wildman–Crippen LogP) is 0.692. The molecular weight excluding hydrogens is 176 g/mol. The van der Waals surface area contributed by atoms with Crippen LogP contribution in [0.15, 0.2) is 0 Å². The highest BCUT2D eigenvalue weighted by Gasteiger charge is 2.51. The topological polar surface area (TPSA) is 38.5 Å². The summed E-state index contributed by atoms with van der Waals surface area (Å²) in [4.78, 5) is 2.55. The molecule has 2 N–H and O–H groups in total. The summed E-state index contributed by atoms with van der Waals surface area (Å²) in [5, 5.41) is 0. The Labute approximate surface area is 86.6 Å². The highest BCUT2D eigenvalue weighted by atomic mass is 16.5. The van der Waals surface area contributed by atoms with Crippen LogP contribution in [0.1, 0.15) is 20.8 Å². The zero-order chi connectivity index (χ0) is 10.4. The number of nitrogens with two attached hydrogens (primary N) is 1. The summed E-state index contributed by atoms with van der Waals surface area (Å²) in [6.07, 6.45) is 0. The van der Waals surface area contributed by atoms with Gasteiger partial charge in [0, 0.05) is 36.5 Å². The molecule has 2 aliphatic heterocycles. The fraction of sp³-hybridized carbons (Fsp3) is 1.00. The molecule has 2 fully saturated rings. The first kappa shape index (κ1) is 10.4. The van der Waals surface area contributed by atoms with Crippen LogP contribution in [0.4, 0.5) is 0 Å². The number of hydrogen-bond acceptors (Lipinski definition) is 3. The molecule has 0 unspecified atom stereocenters. The average Bonchev–Trinajstić information content (AvgIpc) is 2.56. The predicted molar refractivity (Wildman–Crippen MR) is 57.1 cm³/mol. The summed E-state index contributed by atoms with van der Waals surface area (Å²) in [6, 6.07) is 0. The van der Waals surface area contributed by atoms with Gasteiger partial charge in [-0.15, -0.1) is 0 Å². The van der Waals surface area contributed by atoms with Crippen LogP contribution in [0, 0.1) is 11.3 Å². The Kier molecular flexibility index (Phi) is 2.37. The molecule has 3 heteroatoms. The Balaban J connectivity index is 2.13. The van der Waals surface area contributed by atoms with E-state index in [1.807, 2.05) is 0 Å². The molecular formula is C11H22N2O. The smallest absolute Gasteiger partial charge is 0.0551 e. The molecule has 0 aromatic heterocycles. The first-order chi connectivity index (χ1) is 6.48. The monoisotopic (exact) mass is 198 g/mol. The van der Waals surface area contributed by atoms with Crippen LogP contribution in [0.25, 0.3) is 0 Å². The lowest BCUT2D eigenvalue weighted by Crippen LogP contribution is -2.43. The van der Waals surface area contributed by atoms with Gasteiger partial charge in [-0.1, -0.05) is 0 Å². The van der Waals surface area contributed by atoms with Gasteiger partial charge in [0.05, 0.1) is 13.2 Å². The number of hydrogen-bond donors (Lipinski definition) is 1. The second kappa shape index (κ2) is 3.19. The Morgan fingerprint density at radius 3 is 2.71 bits per heavy atom. The molecule has 0 aliphatic carbocycles. The number of likely N-dealkylation sites (tertiary alicyclic amines) is 1. The average molecular weight is 198 g/mol. The summed E-state index contributed by atoms with van der Waals surface area (Å²) in [5.74, 6) is 0.659. The maximum absolute atomic E-state index is 5.91. The summed E-state index contributed by atoms with van der Waals surface area (Å²) >= 11 is 0. The quantitative estimate of drug-likeness (QED) is 0.674. The number of nitrogens with zero attached hydrogens (tertiary/aromatic N) is 1. The van der Waals surface area contributed by atoms with Crippen molar-refractivity contribution in [2.75, 3.05) is 32.8 Å². The van der Waals surface area contributed by atoms with E-state index < -0.39 is 0 Å². The van der Waals surface area contributed by atoms with Crippen LogP contribution in [-0.4, -0.2) is 43.3 Å². The standard InChI is InChI=1S/C11H22N2O/c1-10(2,3)13-4-9-5-14-8-11(9,6-12)7-13/h9H,4-8,12H2,1-3H3/t9-,11+/m0/s1. The van der Waals surface area contributed by atoms with Crippen LogP contribution < -0.4 is 5.73 Å². The van der Waals surface area contributed by atoms with E-state index in [-0.39, 0.29) is 11.0 Å². The lowest BCUT2D eigenvalue weighted by Gasteiger charge is -2.34. The molecule has 14 heavy (non-hydrogen) atoms. The van der Waals surface area contributed by atoms with E-state index in [1.54, 1.807) is 0 Å². The SMILES string of the molecule is CC(C)(C)N1C[C@H]2COC[C@@]2(CN)C1. The molecule has 0 bridgehead atoms. The zero-order valence-corrected chi connectivity index (χ0v) is 9.55.